The van der Waals surface area contributed by atoms with Crippen molar-refractivity contribution < 1.29 is 9.59 Å². The summed E-state index contributed by atoms with van der Waals surface area (Å²) in [6, 6.07) is 3.60. The zero-order chi connectivity index (χ0) is 21.6. The second kappa shape index (κ2) is 7.43. The van der Waals surface area contributed by atoms with Crippen molar-refractivity contribution in [3.05, 3.63) is 34.9 Å². The van der Waals surface area contributed by atoms with Crippen molar-refractivity contribution in [1.82, 2.24) is 24.9 Å². The molecular formula is C22H33N5O2. The van der Waals surface area contributed by atoms with Crippen molar-refractivity contribution in [3.63, 3.8) is 0 Å². The normalized spacial score (nSPS) is 23.8. The molecule has 1 N–H and O–H groups in total. The number of rotatable bonds is 3. The Morgan fingerprint density at radius 2 is 1.55 bits per heavy atom. The minimum absolute atomic E-state index is 0.0190. The third kappa shape index (κ3) is 4.77. The molecule has 1 aliphatic carbocycles. The molecule has 1 aliphatic rings. The Morgan fingerprint density at radius 1 is 1.00 bits per heavy atom. The van der Waals surface area contributed by atoms with Gasteiger partial charge in [0, 0.05) is 23.3 Å². The second-order valence-corrected chi connectivity index (χ2v) is 9.88. The van der Waals surface area contributed by atoms with E-state index in [1.807, 2.05) is 39.8 Å². The van der Waals surface area contributed by atoms with Gasteiger partial charge in [0.15, 0.2) is 0 Å². The van der Waals surface area contributed by atoms with Gasteiger partial charge >= 0.3 is 6.03 Å². The number of aromatic nitrogens is 4. The van der Waals surface area contributed by atoms with Gasteiger partial charge in [-0.2, -0.15) is 14.9 Å². The van der Waals surface area contributed by atoms with Crippen LogP contribution in [0.3, 0.4) is 0 Å². The molecule has 1 amide bonds. The molecule has 0 saturated heterocycles. The molecule has 2 heterocycles. The summed E-state index contributed by atoms with van der Waals surface area (Å²) in [4.78, 5) is 25.7. The number of hydrogen-bond donors (Lipinski definition) is 1. The fraction of sp³-hybridized carbons (Fsp3) is 0.636. The molecule has 0 spiro atoms. The Morgan fingerprint density at radius 3 is 2.07 bits per heavy atom. The summed E-state index contributed by atoms with van der Waals surface area (Å²) in [6.45, 7) is 14.1. The maximum absolute atomic E-state index is 12.9. The van der Waals surface area contributed by atoms with Crippen LogP contribution in [-0.4, -0.2) is 37.0 Å². The van der Waals surface area contributed by atoms with Crippen LogP contribution >= 0.6 is 0 Å². The van der Waals surface area contributed by atoms with Crippen molar-refractivity contribution in [2.75, 3.05) is 0 Å². The van der Waals surface area contributed by atoms with Gasteiger partial charge in [-0.25, -0.2) is 9.48 Å². The van der Waals surface area contributed by atoms with E-state index in [0.717, 1.165) is 42.0 Å². The van der Waals surface area contributed by atoms with Crippen molar-refractivity contribution in [2.24, 2.45) is 11.3 Å². The van der Waals surface area contributed by atoms with E-state index in [-0.39, 0.29) is 23.3 Å². The van der Waals surface area contributed by atoms with Crippen LogP contribution in [0.5, 0.6) is 0 Å². The Hall–Kier alpha value is -2.44. The molecule has 0 aliphatic heterocycles. The zero-order valence-electron chi connectivity index (χ0n) is 18.7. The average molecular weight is 400 g/mol. The molecule has 29 heavy (non-hydrogen) atoms. The summed E-state index contributed by atoms with van der Waals surface area (Å²) < 4.78 is 2.95. The molecule has 2 aromatic rings. The standard InChI is InChI=1S/C22H33N5O2/c1-14-8-16(3)26(24-14)19(28)10-18-11-21(5,6)13-22(7,12-18)23-20(29)27-17(4)9-15(2)25-27/h8-9,18H,10-13H2,1-7H3,(H,23,29). The van der Waals surface area contributed by atoms with Gasteiger partial charge < -0.3 is 5.32 Å². The van der Waals surface area contributed by atoms with Crippen LogP contribution in [0.25, 0.3) is 0 Å². The molecule has 3 rings (SSSR count). The van der Waals surface area contributed by atoms with E-state index in [4.69, 9.17) is 0 Å². The molecule has 7 nitrogen and oxygen atoms in total. The largest absolute Gasteiger partial charge is 0.342 e. The van der Waals surface area contributed by atoms with E-state index in [0.29, 0.717) is 6.42 Å². The molecule has 7 heteroatoms. The third-order valence-corrected chi connectivity index (χ3v) is 5.77. The summed E-state index contributed by atoms with van der Waals surface area (Å²) in [5, 5.41) is 11.8. The number of nitrogens with one attached hydrogen (secondary N) is 1. The van der Waals surface area contributed by atoms with Crippen LogP contribution in [0.15, 0.2) is 12.1 Å². The first-order valence-electron chi connectivity index (χ1n) is 10.3. The number of amides is 1. The summed E-state index contributed by atoms with van der Waals surface area (Å²) in [7, 11) is 0. The molecular weight excluding hydrogens is 366 g/mol. The molecule has 0 bridgehead atoms. The first-order valence-corrected chi connectivity index (χ1v) is 10.3. The highest BCUT2D eigenvalue weighted by atomic mass is 16.2. The van der Waals surface area contributed by atoms with Gasteiger partial charge in [0.2, 0.25) is 5.91 Å². The number of hydrogen-bond acceptors (Lipinski definition) is 4. The first kappa shape index (κ1) is 21.3. The quantitative estimate of drug-likeness (QED) is 0.839. The van der Waals surface area contributed by atoms with Gasteiger partial charge in [0.25, 0.3) is 0 Å². The Bertz CT molecular complexity index is 939. The van der Waals surface area contributed by atoms with E-state index in [9.17, 15) is 9.59 Å². The maximum Gasteiger partial charge on any atom is 0.342 e. The first-order chi connectivity index (χ1) is 13.4. The van der Waals surface area contributed by atoms with Crippen LogP contribution in [0, 0.1) is 39.0 Å². The lowest BCUT2D eigenvalue weighted by Gasteiger charge is -2.46. The lowest BCUT2D eigenvalue weighted by molar-refractivity contribution is 0.0677. The van der Waals surface area contributed by atoms with E-state index in [1.165, 1.54) is 9.36 Å². The smallest absolute Gasteiger partial charge is 0.331 e. The molecule has 158 valence electrons. The predicted octanol–water partition coefficient (Wildman–Crippen LogP) is 4.19. The zero-order valence-corrected chi connectivity index (χ0v) is 18.7. The highest BCUT2D eigenvalue weighted by Gasteiger charge is 2.43. The Kier molecular flexibility index (Phi) is 5.45. The van der Waals surface area contributed by atoms with Gasteiger partial charge in [-0.3, -0.25) is 4.79 Å². The SMILES string of the molecule is Cc1cc(C)n(C(=O)CC2CC(C)(C)CC(C)(NC(=O)n3nc(C)cc3C)C2)n1. The van der Waals surface area contributed by atoms with Gasteiger partial charge in [-0.1, -0.05) is 13.8 Å². The van der Waals surface area contributed by atoms with Crippen molar-refractivity contribution >= 4 is 11.9 Å². The van der Waals surface area contributed by atoms with Crippen molar-refractivity contribution in [2.45, 2.75) is 79.7 Å². The van der Waals surface area contributed by atoms with Crippen LogP contribution in [0.1, 0.15) is 74.0 Å². The van der Waals surface area contributed by atoms with Crippen LogP contribution in [-0.2, 0) is 0 Å². The summed E-state index contributed by atoms with van der Waals surface area (Å²) in [6.07, 6.45) is 2.99. The van der Waals surface area contributed by atoms with E-state index < -0.39 is 5.54 Å². The third-order valence-electron chi connectivity index (χ3n) is 5.77. The predicted molar refractivity (Wildman–Crippen MR) is 112 cm³/mol. The van der Waals surface area contributed by atoms with E-state index in [1.54, 1.807) is 0 Å². The molecule has 0 radical (unpaired) electrons. The average Bonchev–Trinajstić information content (AvgIpc) is 3.05. The Labute approximate surface area is 172 Å². The summed E-state index contributed by atoms with van der Waals surface area (Å²) >= 11 is 0. The van der Waals surface area contributed by atoms with E-state index >= 15 is 0 Å². The van der Waals surface area contributed by atoms with Gasteiger partial charge in [-0.05, 0) is 77.3 Å². The second-order valence-electron chi connectivity index (χ2n) is 9.88. The topological polar surface area (TPSA) is 81.8 Å². The molecule has 0 aromatic carbocycles. The molecule has 2 unspecified atom stereocenters. The monoisotopic (exact) mass is 399 g/mol. The molecule has 2 aromatic heterocycles. The number of aryl methyl sites for hydroxylation is 4. The van der Waals surface area contributed by atoms with Crippen molar-refractivity contribution in [3.8, 4) is 0 Å². The number of carbonyl (C=O) groups is 2. The Balaban J connectivity index is 1.76. The van der Waals surface area contributed by atoms with Gasteiger partial charge in [0.05, 0.1) is 11.4 Å². The highest BCUT2D eigenvalue weighted by Crippen LogP contribution is 2.45. The molecule has 1 fully saturated rings. The number of nitrogens with zero attached hydrogens (tertiary/aromatic N) is 4. The minimum Gasteiger partial charge on any atom is -0.331 e. The van der Waals surface area contributed by atoms with Crippen LogP contribution in [0.4, 0.5) is 4.79 Å². The minimum atomic E-state index is -0.398. The number of carbonyl (C=O) groups excluding carboxylic acids is 2. The van der Waals surface area contributed by atoms with Crippen LogP contribution in [0.2, 0.25) is 0 Å². The van der Waals surface area contributed by atoms with E-state index in [2.05, 4.69) is 36.3 Å². The summed E-state index contributed by atoms with van der Waals surface area (Å²) in [5.41, 5.74) is 2.97. The van der Waals surface area contributed by atoms with Crippen molar-refractivity contribution in [1.29, 1.82) is 0 Å². The van der Waals surface area contributed by atoms with Gasteiger partial charge in [-0.15, -0.1) is 0 Å². The molecule has 1 saturated carbocycles. The highest BCUT2D eigenvalue weighted by molar-refractivity contribution is 5.79. The fourth-order valence-corrected chi connectivity index (χ4v) is 5.29. The fourth-order valence-electron chi connectivity index (χ4n) is 5.29. The molecule has 2 atom stereocenters. The van der Waals surface area contributed by atoms with Gasteiger partial charge in [0.1, 0.15) is 0 Å². The summed E-state index contributed by atoms with van der Waals surface area (Å²) in [5.74, 6) is 0.200. The maximum atomic E-state index is 12.9. The lowest BCUT2D eigenvalue weighted by atomic mass is 9.63. The lowest BCUT2D eigenvalue weighted by Crippen LogP contribution is -2.54. The van der Waals surface area contributed by atoms with Crippen LogP contribution < -0.4 is 5.32 Å².